The minimum absolute atomic E-state index is 0.172. The minimum atomic E-state index is -0.388. The number of nitrogens with two attached hydrogens (primary N) is 2. The summed E-state index contributed by atoms with van der Waals surface area (Å²) in [4.78, 5) is 53.0. The molecule has 3 aromatic carbocycles. The predicted molar refractivity (Wildman–Crippen MR) is 170 cm³/mol. The van der Waals surface area contributed by atoms with Crippen LogP contribution in [0.5, 0.6) is 0 Å². The molecule has 4 N–H and O–H groups in total. The van der Waals surface area contributed by atoms with E-state index in [1.54, 1.807) is 38.4 Å². The van der Waals surface area contributed by atoms with Gasteiger partial charge in [0.05, 0.1) is 13.1 Å². The van der Waals surface area contributed by atoms with E-state index in [-0.39, 0.29) is 36.7 Å². The van der Waals surface area contributed by atoms with Gasteiger partial charge in [-0.2, -0.15) is 0 Å². The van der Waals surface area contributed by atoms with Crippen molar-refractivity contribution in [2.45, 2.75) is 65.7 Å². The van der Waals surface area contributed by atoms with Crippen LogP contribution in [0, 0.1) is 0 Å². The summed E-state index contributed by atoms with van der Waals surface area (Å²) < 4.78 is 0. The molecule has 0 aliphatic heterocycles. The molecule has 0 unspecified atom stereocenters. The van der Waals surface area contributed by atoms with Gasteiger partial charge in [-0.25, -0.2) is 10.0 Å². The monoisotopic (exact) mass is 600 g/mol. The molecule has 0 aliphatic rings. The molecule has 0 atom stereocenters. The Hall–Kier alpha value is -4.54. The van der Waals surface area contributed by atoms with Gasteiger partial charge in [0.1, 0.15) is 0 Å². The van der Waals surface area contributed by atoms with Crippen LogP contribution in [0.3, 0.4) is 0 Å². The fraction of sp³-hybridized carbons (Fsp3) is 0.353. The normalized spacial score (nSPS) is 10.7. The molecule has 0 saturated heterocycles. The first-order valence-electron chi connectivity index (χ1n) is 15.0. The molecule has 0 spiro atoms. The zero-order chi connectivity index (χ0) is 32.2. The Bertz CT molecular complexity index is 1300. The quantitative estimate of drug-likeness (QED) is 0.299. The smallest absolute Gasteiger partial charge is 0.272 e. The highest BCUT2D eigenvalue weighted by atomic mass is 16.2. The maximum atomic E-state index is 13.5. The highest BCUT2D eigenvalue weighted by Crippen LogP contribution is 2.17. The molecule has 10 nitrogen and oxygen atoms in total. The first-order valence-corrected chi connectivity index (χ1v) is 15.0. The van der Waals surface area contributed by atoms with Crippen molar-refractivity contribution < 1.29 is 19.2 Å². The van der Waals surface area contributed by atoms with Crippen molar-refractivity contribution in [3.63, 3.8) is 0 Å². The van der Waals surface area contributed by atoms with E-state index in [9.17, 15) is 19.2 Å². The molecule has 44 heavy (non-hydrogen) atoms. The van der Waals surface area contributed by atoms with Crippen LogP contribution in [-0.2, 0) is 35.8 Å². The van der Waals surface area contributed by atoms with E-state index in [4.69, 9.17) is 11.5 Å². The SMILES string of the molecule is CCCC(=O)N(Cc1ccc(CN)cc1)N(C)C(=O)c1ccc(C(=O)N(C)N(Cc2ccc(CN)cc2)C(=O)CCC)cc1. The molecule has 0 bridgehead atoms. The maximum absolute atomic E-state index is 13.5. The van der Waals surface area contributed by atoms with Gasteiger partial charge in [-0.05, 0) is 59.4 Å². The zero-order valence-corrected chi connectivity index (χ0v) is 26.2. The van der Waals surface area contributed by atoms with Crippen molar-refractivity contribution >= 4 is 23.6 Å². The van der Waals surface area contributed by atoms with Crippen LogP contribution in [0.1, 0.15) is 82.5 Å². The Labute approximate surface area is 260 Å². The van der Waals surface area contributed by atoms with Crippen LogP contribution < -0.4 is 11.5 Å². The summed E-state index contributed by atoms with van der Waals surface area (Å²) in [5.41, 5.74) is 15.7. The summed E-state index contributed by atoms with van der Waals surface area (Å²) in [6, 6.07) is 21.4. The zero-order valence-electron chi connectivity index (χ0n) is 26.2. The van der Waals surface area contributed by atoms with Crippen LogP contribution in [0.2, 0.25) is 0 Å². The summed E-state index contributed by atoms with van der Waals surface area (Å²) >= 11 is 0. The third kappa shape index (κ3) is 8.75. The number of carbonyl (C=O) groups is 4. The summed E-state index contributed by atoms with van der Waals surface area (Å²) in [5.74, 6) is -1.12. The van der Waals surface area contributed by atoms with Crippen molar-refractivity contribution in [1.82, 2.24) is 20.0 Å². The Morgan fingerprint density at radius 3 is 1.09 bits per heavy atom. The molecular weight excluding hydrogens is 556 g/mol. The van der Waals surface area contributed by atoms with Gasteiger partial charge in [0.2, 0.25) is 11.8 Å². The number of hydrogen-bond acceptors (Lipinski definition) is 6. The van der Waals surface area contributed by atoms with Gasteiger partial charge < -0.3 is 11.5 Å². The number of hydrogen-bond donors (Lipinski definition) is 2. The second-order valence-corrected chi connectivity index (χ2v) is 10.7. The first-order chi connectivity index (χ1) is 21.1. The number of hydrazine groups is 2. The Kier molecular flexibility index (Phi) is 12.6. The van der Waals surface area contributed by atoms with E-state index in [2.05, 4.69) is 0 Å². The molecule has 234 valence electrons. The molecule has 0 aliphatic carbocycles. The van der Waals surface area contributed by atoms with E-state index in [0.717, 1.165) is 22.3 Å². The van der Waals surface area contributed by atoms with E-state index in [0.29, 0.717) is 49.9 Å². The van der Waals surface area contributed by atoms with Crippen LogP contribution in [0.25, 0.3) is 0 Å². The number of rotatable bonds is 12. The Morgan fingerprint density at radius 2 is 0.818 bits per heavy atom. The van der Waals surface area contributed by atoms with Crippen molar-refractivity contribution in [3.8, 4) is 0 Å². The molecule has 3 rings (SSSR count). The van der Waals surface area contributed by atoms with E-state index >= 15 is 0 Å². The van der Waals surface area contributed by atoms with Gasteiger partial charge in [-0.15, -0.1) is 0 Å². The lowest BCUT2D eigenvalue weighted by Crippen LogP contribution is -2.47. The molecule has 3 aromatic rings. The predicted octanol–water partition coefficient (Wildman–Crippen LogP) is 4.24. The van der Waals surface area contributed by atoms with Crippen LogP contribution in [0.4, 0.5) is 0 Å². The highest BCUT2D eigenvalue weighted by molar-refractivity contribution is 5.98. The number of benzene rings is 3. The summed E-state index contributed by atoms with van der Waals surface area (Å²) in [7, 11) is 3.13. The van der Waals surface area contributed by atoms with Crippen LogP contribution in [0.15, 0.2) is 72.8 Å². The number of amides is 4. The van der Waals surface area contributed by atoms with Crippen molar-refractivity contribution in [1.29, 1.82) is 0 Å². The molecule has 0 fully saturated rings. The fourth-order valence-electron chi connectivity index (χ4n) is 4.66. The number of nitrogens with zero attached hydrogens (tertiary/aromatic N) is 4. The first kappa shape index (κ1) is 34.0. The van der Waals surface area contributed by atoms with E-state index < -0.39 is 0 Å². The lowest BCUT2D eigenvalue weighted by atomic mass is 10.1. The van der Waals surface area contributed by atoms with Gasteiger partial charge in [-0.3, -0.25) is 29.2 Å². The van der Waals surface area contributed by atoms with Gasteiger partial charge >= 0.3 is 0 Å². The molecule has 0 saturated carbocycles. The lowest BCUT2D eigenvalue weighted by Gasteiger charge is -2.33. The van der Waals surface area contributed by atoms with Crippen molar-refractivity contribution in [2.75, 3.05) is 14.1 Å². The van der Waals surface area contributed by atoms with Gasteiger partial charge in [0, 0.05) is 51.2 Å². The highest BCUT2D eigenvalue weighted by Gasteiger charge is 2.26. The van der Waals surface area contributed by atoms with Crippen LogP contribution in [-0.4, -0.2) is 57.8 Å². The summed E-state index contributed by atoms with van der Waals surface area (Å²) in [6.07, 6.45) is 1.88. The molecule has 4 amide bonds. The maximum Gasteiger partial charge on any atom is 0.272 e. The topological polar surface area (TPSA) is 133 Å². The number of carbonyl (C=O) groups excluding carboxylic acids is 4. The standard InChI is InChI=1S/C34H44N6O4/c1-5-7-31(41)39(23-27-13-9-25(21-35)10-14-27)37(3)33(43)29-17-19-30(20-18-29)34(44)38(4)40(32(42)8-6-2)24-28-15-11-26(22-36)12-16-28/h9-20H,5-8,21-24,35-36H2,1-4H3. The van der Waals surface area contributed by atoms with Gasteiger partial charge in [0.25, 0.3) is 11.8 Å². The molecule has 0 radical (unpaired) electrons. The van der Waals surface area contributed by atoms with Crippen molar-refractivity contribution in [2.24, 2.45) is 11.5 Å². The molecule has 0 aromatic heterocycles. The van der Waals surface area contributed by atoms with Crippen LogP contribution >= 0.6 is 0 Å². The Balaban J connectivity index is 1.78. The largest absolute Gasteiger partial charge is 0.326 e. The second-order valence-electron chi connectivity index (χ2n) is 10.7. The average molecular weight is 601 g/mol. The third-order valence-electron chi connectivity index (χ3n) is 7.38. The third-order valence-corrected chi connectivity index (χ3v) is 7.38. The Morgan fingerprint density at radius 1 is 0.523 bits per heavy atom. The molecule has 10 heteroatoms. The minimum Gasteiger partial charge on any atom is -0.326 e. The fourth-order valence-corrected chi connectivity index (χ4v) is 4.66. The average Bonchev–Trinajstić information content (AvgIpc) is 3.05. The van der Waals surface area contributed by atoms with Gasteiger partial charge in [0.15, 0.2) is 0 Å². The summed E-state index contributed by atoms with van der Waals surface area (Å²) in [6.45, 7) is 5.11. The van der Waals surface area contributed by atoms with E-state index in [1.807, 2.05) is 62.4 Å². The lowest BCUT2D eigenvalue weighted by molar-refractivity contribution is -0.145. The van der Waals surface area contributed by atoms with Crippen molar-refractivity contribution in [3.05, 3.63) is 106 Å². The van der Waals surface area contributed by atoms with Gasteiger partial charge in [-0.1, -0.05) is 62.4 Å². The molecular formula is C34H44N6O4. The second kappa shape index (κ2) is 16.3. The van der Waals surface area contributed by atoms with E-state index in [1.165, 1.54) is 20.0 Å². The summed E-state index contributed by atoms with van der Waals surface area (Å²) in [5, 5.41) is 5.51. The molecule has 0 heterocycles.